The van der Waals surface area contributed by atoms with Gasteiger partial charge in [0, 0.05) is 50.6 Å². The van der Waals surface area contributed by atoms with Crippen molar-refractivity contribution in [2.45, 2.75) is 19.9 Å². The maximum atomic E-state index is 13.4. The van der Waals surface area contributed by atoms with Crippen LogP contribution in [0.4, 0.5) is 10.1 Å². The molecule has 0 unspecified atom stereocenters. The largest absolute Gasteiger partial charge is 0.494 e. The second-order valence-electron chi connectivity index (χ2n) is 6.73. The van der Waals surface area contributed by atoms with E-state index in [0.29, 0.717) is 17.9 Å². The number of ether oxygens (including phenoxy) is 1. The number of nitrogens with one attached hydrogen (secondary N) is 1. The molecule has 154 valence electrons. The summed E-state index contributed by atoms with van der Waals surface area (Å²) in [6.07, 6.45) is 2.18. The minimum absolute atomic E-state index is 0. The van der Waals surface area contributed by atoms with Gasteiger partial charge >= 0.3 is 5.69 Å². The number of piperazine rings is 1. The van der Waals surface area contributed by atoms with Crippen LogP contribution in [0.1, 0.15) is 12.0 Å². The normalized spacial score (nSPS) is 14.6. The number of aryl methyl sites for hydroxylation is 1. The summed E-state index contributed by atoms with van der Waals surface area (Å²) in [5.41, 5.74) is 0.846. The number of H-pyrrole nitrogens is 1. The third-order valence-corrected chi connectivity index (χ3v) is 4.95. The lowest BCUT2D eigenvalue weighted by Crippen LogP contribution is -2.47. The second kappa shape index (κ2) is 9.75. The smallest absolute Gasteiger partial charge is 0.328 e. The highest BCUT2D eigenvalue weighted by Gasteiger charge is 2.20. The van der Waals surface area contributed by atoms with E-state index >= 15 is 0 Å². The second-order valence-corrected chi connectivity index (χ2v) is 6.73. The predicted octanol–water partition coefficient (Wildman–Crippen LogP) is 1.63. The molecule has 7 nitrogen and oxygen atoms in total. The molecule has 1 aromatic heterocycles. The minimum atomic E-state index is -0.362. The molecule has 0 bridgehead atoms. The number of aromatic nitrogens is 2. The van der Waals surface area contributed by atoms with E-state index in [4.69, 9.17) is 4.74 Å². The van der Waals surface area contributed by atoms with Gasteiger partial charge in [-0.2, -0.15) is 0 Å². The topological polar surface area (TPSA) is 70.6 Å². The Kier molecular flexibility index (Phi) is 7.65. The van der Waals surface area contributed by atoms with Crippen LogP contribution in [0.3, 0.4) is 0 Å². The van der Waals surface area contributed by atoms with E-state index in [1.54, 1.807) is 20.1 Å². The third-order valence-electron chi connectivity index (χ3n) is 4.95. The number of anilines is 1. The average Bonchev–Trinajstić information content (AvgIpc) is 2.68. The molecule has 1 aliphatic rings. The van der Waals surface area contributed by atoms with Crippen molar-refractivity contribution in [1.82, 2.24) is 14.5 Å². The van der Waals surface area contributed by atoms with Crippen molar-refractivity contribution in [2.75, 3.05) is 44.7 Å². The van der Waals surface area contributed by atoms with Crippen molar-refractivity contribution in [3.8, 4) is 5.75 Å². The molecule has 2 aromatic rings. The SMILES string of the molecule is COc1cc(F)ccc1N1CCN(CCCn2c(=O)[nH]cc(C)c2=O)CC1.Cl. The molecule has 28 heavy (non-hydrogen) atoms. The van der Waals surface area contributed by atoms with E-state index in [1.165, 1.54) is 22.9 Å². The Morgan fingerprint density at radius 1 is 1.14 bits per heavy atom. The van der Waals surface area contributed by atoms with E-state index in [2.05, 4.69) is 14.8 Å². The first kappa shape index (κ1) is 22.0. The van der Waals surface area contributed by atoms with Crippen molar-refractivity contribution in [3.63, 3.8) is 0 Å². The van der Waals surface area contributed by atoms with E-state index in [0.717, 1.165) is 44.8 Å². The summed E-state index contributed by atoms with van der Waals surface area (Å²) in [5.74, 6) is 0.233. The number of hydrogen-bond donors (Lipinski definition) is 1. The molecular formula is C19H26ClFN4O3. The zero-order chi connectivity index (χ0) is 19.4. The fourth-order valence-electron chi connectivity index (χ4n) is 3.40. The predicted molar refractivity (Wildman–Crippen MR) is 110 cm³/mol. The molecular weight excluding hydrogens is 387 g/mol. The van der Waals surface area contributed by atoms with Crippen LogP contribution in [0.2, 0.25) is 0 Å². The number of aromatic amines is 1. The molecule has 3 rings (SSSR count). The number of halogens is 2. The van der Waals surface area contributed by atoms with E-state index in [1.807, 2.05) is 0 Å². The van der Waals surface area contributed by atoms with Gasteiger partial charge in [-0.25, -0.2) is 9.18 Å². The molecule has 0 amide bonds. The van der Waals surface area contributed by atoms with Gasteiger partial charge in [0.2, 0.25) is 0 Å². The molecule has 2 heterocycles. The van der Waals surface area contributed by atoms with Gasteiger partial charge in [-0.15, -0.1) is 12.4 Å². The molecule has 0 atom stereocenters. The van der Waals surface area contributed by atoms with Gasteiger partial charge < -0.3 is 14.6 Å². The lowest BCUT2D eigenvalue weighted by atomic mass is 10.2. The van der Waals surface area contributed by atoms with Crippen LogP contribution in [0.15, 0.2) is 34.0 Å². The summed E-state index contributed by atoms with van der Waals surface area (Å²) in [7, 11) is 1.55. The van der Waals surface area contributed by atoms with Crippen molar-refractivity contribution in [3.05, 3.63) is 56.6 Å². The van der Waals surface area contributed by atoms with Crippen molar-refractivity contribution >= 4 is 18.1 Å². The van der Waals surface area contributed by atoms with Crippen LogP contribution in [0.25, 0.3) is 0 Å². The summed E-state index contributed by atoms with van der Waals surface area (Å²) in [6.45, 7) is 6.26. The van der Waals surface area contributed by atoms with Crippen LogP contribution >= 0.6 is 12.4 Å². The Bertz CT molecular complexity index is 907. The lowest BCUT2D eigenvalue weighted by molar-refractivity contribution is 0.248. The molecule has 1 aliphatic heterocycles. The first-order valence-corrected chi connectivity index (χ1v) is 9.09. The van der Waals surface area contributed by atoms with E-state index < -0.39 is 0 Å². The number of rotatable bonds is 6. The van der Waals surface area contributed by atoms with Gasteiger partial charge in [0.15, 0.2) is 0 Å². The Balaban J connectivity index is 0.00000280. The standard InChI is InChI=1S/C19H25FN4O3.ClH/c1-14-13-21-19(26)24(18(14)25)7-3-6-22-8-10-23(11-9-22)16-5-4-15(20)12-17(16)27-2;/h4-5,12-13H,3,6-11H2,1-2H3,(H,21,26);1H. The van der Waals surface area contributed by atoms with Crippen molar-refractivity contribution in [1.29, 1.82) is 0 Å². The monoisotopic (exact) mass is 412 g/mol. The molecule has 1 saturated heterocycles. The van der Waals surface area contributed by atoms with Gasteiger partial charge in [0.1, 0.15) is 11.6 Å². The summed E-state index contributed by atoms with van der Waals surface area (Å²) in [5, 5.41) is 0. The van der Waals surface area contributed by atoms with Crippen molar-refractivity contribution in [2.24, 2.45) is 0 Å². The van der Waals surface area contributed by atoms with E-state index in [9.17, 15) is 14.0 Å². The first-order valence-electron chi connectivity index (χ1n) is 9.09. The fraction of sp³-hybridized carbons (Fsp3) is 0.474. The van der Waals surface area contributed by atoms with E-state index in [-0.39, 0.29) is 29.5 Å². The zero-order valence-electron chi connectivity index (χ0n) is 16.1. The quantitative estimate of drug-likeness (QED) is 0.780. The Hall–Kier alpha value is -2.32. The average molecular weight is 413 g/mol. The van der Waals surface area contributed by atoms with Crippen LogP contribution in [0.5, 0.6) is 5.75 Å². The van der Waals surface area contributed by atoms with Crippen LogP contribution in [-0.4, -0.2) is 54.3 Å². The van der Waals surface area contributed by atoms with Gasteiger partial charge in [0.25, 0.3) is 5.56 Å². The molecule has 0 saturated carbocycles. The minimum Gasteiger partial charge on any atom is -0.494 e. The fourth-order valence-corrected chi connectivity index (χ4v) is 3.40. The van der Waals surface area contributed by atoms with Gasteiger partial charge in [-0.05, 0) is 32.0 Å². The summed E-state index contributed by atoms with van der Waals surface area (Å²) < 4.78 is 19.9. The maximum Gasteiger partial charge on any atom is 0.328 e. The van der Waals surface area contributed by atoms with Crippen LogP contribution < -0.4 is 20.9 Å². The van der Waals surface area contributed by atoms with Crippen LogP contribution in [0, 0.1) is 12.7 Å². The maximum absolute atomic E-state index is 13.4. The third kappa shape index (κ3) is 4.94. The number of hydrogen-bond acceptors (Lipinski definition) is 5. The van der Waals surface area contributed by atoms with Gasteiger partial charge in [-0.3, -0.25) is 14.3 Å². The highest BCUT2D eigenvalue weighted by molar-refractivity contribution is 5.85. The molecule has 1 fully saturated rings. The van der Waals surface area contributed by atoms with Crippen molar-refractivity contribution < 1.29 is 9.13 Å². The Morgan fingerprint density at radius 3 is 2.54 bits per heavy atom. The number of methoxy groups -OCH3 is 1. The molecule has 0 spiro atoms. The summed E-state index contributed by atoms with van der Waals surface area (Å²) >= 11 is 0. The highest BCUT2D eigenvalue weighted by atomic mass is 35.5. The van der Waals surface area contributed by atoms with Gasteiger partial charge in [-0.1, -0.05) is 0 Å². The number of benzene rings is 1. The van der Waals surface area contributed by atoms with Crippen LogP contribution in [-0.2, 0) is 6.54 Å². The Labute approximate surface area is 169 Å². The zero-order valence-corrected chi connectivity index (χ0v) is 16.9. The van der Waals surface area contributed by atoms with Gasteiger partial charge in [0.05, 0.1) is 12.8 Å². The molecule has 9 heteroatoms. The lowest BCUT2D eigenvalue weighted by Gasteiger charge is -2.36. The molecule has 1 aromatic carbocycles. The molecule has 1 N–H and O–H groups in total. The highest BCUT2D eigenvalue weighted by Crippen LogP contribution is 2.29. The first-order chi connectivity index (χ1) is 13.0. The molecule has 0 aliphatic carbocycles. The Morgan fingerprint density at radius 2 is 1.86 bits per heavy atom. The molecule has 0 radical (unpaired) electrons. The summed E-state index contributed by atoms with van der Waals surface area (Å²) in [6, 6.07) is 4.60. The number of nitrogens with zero attached hydrogens (tertiary/aromatic N) is 3. The summed E-state index contributed by atoms with van der Waals surface area (Å²) in [4.78, 5) is 30.9.